The van der Waals surface area contributed by atoms with Crippen molar-refractivity contribution in [3.05, 3.63) is 24.5 Å². The van der Waals surface area contributed by atoms with Gasteiger partial charge in [0.2, 0.25) is 29.5 Å². The summed E-state index contributed by atoms with van der Waals surface area (Å²) >= 11 is 0. The highest BCUT2D eigenvalue weighted by Gasteiger charge is 2.43. The van der Waals surface area contributed by atoms with Gasteiger partial charge in [0.25, 0.3) is 0 Å². The van der Waals surface area contributed by atoms with E-state index in [9.17, 15) is 24.0 Å². The van der Waals surface area contributed by atoms with Crippen LogP contribution in [0.4, 0.5) is 0 Å². The van der Waals surface area contributed by atoms with Gasteiger partial charge < -0.3 is 37.1 Å². The Kier molecular flexibility index (Phi) is 21.5. The first-order chi connectivity index (χ1) is 24.6. The second-order valence-corrected chi connectivity index (χ2v) is 13.9. The minimum atomic E-state index is -1.01. The number of carbonyl (C=O) groups excluding carboxylic acids is 5. The van der Waals surface area contributed by atoms with Crippen molar-refractivity contribution in [2.75, 3.05) is 13.1 Å². The number of primary amides is 1. The van der Waals surface area contributed by atoms with Gasteiger partial charge in [0, 0.05) is 25.2 Å². The predicted molar refractivity (Wildman–Crippen MR) is 198 cm³/mol. The summed E-state index contributed by atoms with van der Waals surface area (Å²) in [6.07, 6.45) is 20.6. The number of rotatable bonds is 27. The second kappa shape index (κ2) is 25.3. The summed E-state index contributed by atoms with van der Waals surface area (Å²) in [6, 6.07) is -0.336. The Morgan fingerprint density at radius 1 is 0.824 bits per heavy atom. The molecule has 5 amide bonds. The zero-order valence-electron chi connectivity index (χ0n) is 31.3. The molecule has 2 rings (SSSR count). The first kappa shape index (κ1) is 43.4. The van der Waals surface area contributed by atoms with E-state index in [1.165, 1.54) is 76.0 Å². The fraction of sp³-hybridized carbons (Fsp3) is 0.737. The molecule has 288 valence electrons. The van der Waals surface area contributed by atoms with Crippen LogP contribution in [0.2, 0.25) is 0 Å². The molecule has 0 aliphatic carbocycles. The topological polar surface area (TPSA) is 199 Å². The monoisotopic (exact) mass is 715 g/mol. The van der Waals surface area contributed by atoms with Gasteiger partial charge in [0.15, 0.2) is 0 Å². The molecule has 1 fully saturated rings. The third kappa shape index (κ3) is 17.4. The molecular formula is C38H65N7O6. The van der Waals surface area contributed by atoms with E-state index in [4.69, 9.17) is 16.2 Å². The molecule has 0 spiro atoms. The van der Waals surface area contributed by atoms with Gasteiger partial charge in [-0.3, -0.25) is 29.0 Å². The van der Waals surface area contributed by atoms with Gasteiger partial charge in [-0.05, 0) is 58.2 Å². The van der Waals surface area contributed by atoms with Crippen LogP contribution in [0.3, 0.4) is 0 Å². The summed E-state index contributed by atoms with van der Waals surface area (Å²) in [4.78, 5) is 70.2. The van der Waals surface area contributed by atoms with Crippen molar-refractivity contribution >= 4 is 29.5 Å². The lowest BCUT2D eigenvalue weighted by atomic mass is 10.0. The number of pyridine rings is 1. The van der Waals surface area contributed by atoms with Gasteiger partial charge in [-0.2, -0.15) is 0 Å². The number of nitrogens with two attached hydrogens (primary N) is 2. The highest BCUT2D eigenvalue weighted by Crippen LogP contribution is 2.24. The third-order valence-electron chi connectivity index (χ3n) is 9.42. The zero-order chi connectivity index (χ0) is 37.4. The molecule has 0 radical (unpaired) electrons. The fourth-order valence-corrected chi connectivity index (χ4v) is 6.36. The number of likely N-dealkylation sites (tertiary alicyclic amines) is 1. The first-order valence-electron chi connectivity index (χ1n) is 19.3. The summed E-state index contributed by atoms with van der Waals surface area (Å²) in [6.45, 7) is 5.92. The van der Waals surface area contributed by atoms with Crippen molar-refractivity contribution in [1.82, 2.24) is 25.8 Å². The van der Waals surface area contributed by atoms with Gasteiger partial charge in [-0.15, -0.1) is 0 Å². The lowest BCUT2D eigenvalue weighted by Gasteiger charge is -2.28. The van der Waals surface area contributed by atoms with Crippen LogP contribution in [0.5, 0.6) is 5.75 Å². The maximum absolute atomic E-state index is 13.7. The number of nitrogens with one attached hydrogen (secondary N) is 3. The van der Waals surface area contributed by atoms with Gasteiger partial charge in [0.1, 0.15) is 36.0 Å². The van der Waals surface area contributed by atoms with Crippen molar-refractivity contribution in [1.29, 1.82) is 0 Å². The molecule has 0 unspecified atom stereocenters. The number of hydrogen-bond donors (Lipinski definition) is 5. The molecule has 2 heterocycles. The molecule has 13 heteroatoms. The van der Waals surface area contributed by atoms with E-state index >= 15 is 0 Å². The zero-order valence-corrected chi connectivity index (χ0v) is 31.3. The standard InChI is InChI=1S/C38H65N7O6/c1-4-5-6-7-8-9-10-11-12-13-14-15-16-20-34(46)42-29(3)38(50)45-27-31(51-30-21-24-41-25-22-30)26-33(45)37(49)43-28(2)36(48)44-32(35(40)47)19-17-18-23-39/h21-22,24-25,28-29,31-33H,4-20,23,26-27,39H2,1-3H3,(H2,40,47)(H,42,46)(H,43,49)(H,44,48)/t28-,29-,31+,32-,33-/m0/s1. The van der Waals surface area contributed by atoms with Crippen LogP contribution >= 0.6 is 0 Å². The molecule has 1 aromatic heterocycles. The number of hydrogen-bond acceptors (Lipinski definition) is 8. The van der Waals surface area contributed by atoms with E-state index in [1.54, 1.807) is 31.5 Å². The Hall–Kier alpha value is -3.74. The SMILES string of the molecule is CCCCCCCCCCCCCCCC(=O)N[C@@H](C)C(=O)N1C[C@H](Oc2ccncc2)C[C@H]1C(=O)N[C@@H](C)C(=O)N[C@@H](CCCCN)C(N)=O. The molecular weight excluding hydrogens is 650 g/mol. The van der Waals surface area contributed by atoms with Crippen LogP contribution in [0, 0.1) is 0 Å². The fourth-order valence-electron chi connectivity index (χ4n) is 6.36. The summed E-state index contributed by atoms with van der Waals surface area (Å²) in [5.41, 5.74) is 11.0. The first-order valence-corrected chi connectivity index (χ1v) is 19.3. The summed E-state index contributed by atoms with van der Waals surface area (Å²) in [5, 5.41) is 8.09. The van der Waals surface area contributed by atoms with Crippen LogP contribution in [0.25, 0.3) is 0 Å². The molecule has 7 N–H and O–H groups in total. The largest absolute Gasteiger partial charge is 0.488 e. The third-order valence-corrected chi connectivity index (χ3v) is 9.42. The Balaban J connectivity index is 1.87. The van der Waals surface area contributed by atoms with Crippen LogP contribution in [-0.4, -0.2) is 82.8 Å². The Bertz CT molecular complexity index is 1190. The predicted octanol–water partition coefficient (Wildman–Crippen LogP) is 4.02. The molecule has 1 aromatic rings. The maximum Gasteiger partial charge on any atom is 0.245 e. The maximum atomic E-state index is 13.7. The number of ether oxygens (including phenoxy) is 1. The summed E-state index contributed by atoms with van der Waals surface area (Å²) in [5.74, 6) is -1.87. The van der Waals surface area contributed by atoms with E-state index in [1.807, 2.05) is 0 Å². The number of carbonyl (C=O) groups is 5. The molecule has 13 nitrogen and oxygen atoms in total. The average Bonchev–Trinajstić information content (AvgIpc) is 3.53. The minimum Gasteiger partial charge on any atom is -0.488 e. The number of unbranched alkanes of at least 4 members (excludes halogenated alkanes) is 13. The lowest BCUT2D eigenvalue weighted by molar-refractivity contribution is -0.141. The number of aromatic nitrogens is 1. The number of nitrogens with zero attached hydrogens (tertiary/aromatic N) is 2. The van der Waals surface area contributed by atoms with E-state index in [0.29, 0.717) is 38.0 Å². The second-order valence-electron chi connectivity index (χ2n) is 13.9. The number of amides is 5. The molecule has 1 aliphatic rings. The van der Waals surface area contributed by atoms with Gasteiger partial charge >= 0.3 is 0 Å². The van der Waals surface area contributed by atoms with Crippen molar-refractivity contribution in [3.63, 3.8) is 0 Å². The summed E-state index contributed by atoms with van der Waals surface area (Å²) < 4.78 is 6.06. The van der Waals surface area contributed by atoms with Crippen LogP contribution in [-0.2, 0) is 24.0 Å². The van der Waals surface area contributed by atoms with Crippen molar-refractivity contribution in [2.24, 2.45) is 11.5 Å². The van der Waals surface area contributed by atoms with Crippen molar-refractivity contribution in [3.8, 4) is 5.75 Å². The summed E-state index contributed by atoms with van der Waals surface area (Å²) in [7, 11) is 0. The highest BCUT2D eigenvalue weighted by molar-refractivity contribution is 5.95. The smallest absolute Gasteiger partial charge is 0.245 e. The Morgan fingerprint density at radius 3 is 1.98 bits per heavy atom. The van der Waals surface area contributed by atoms with Crippen LogP contribution in [0.1, 0.15) is 136 Å². The van der Waals surface area contributed by atoms with E-state index in [2.05, 4.69) is 27.9 Å². The van der Waals surface area contributed by atoms with Crippen molar-refractivity contribution < 1.29 is 28.7 Å². The highest BCUT2D eigenvalue weighted by atomic mass is 16.5. The average molecular weight is 716 g/mol. The van der Waals surface area contributed by atoms with E-state index in [0.717, 1.165) is 19.3 Å². The van der Waals surface area contributed by atoms with Crippen LogP contribution in [0.15, 0.2) is 24.5 Å². The normalized spacial score (nSPS) is 17.3. The molecule has 51 heavy (non-hydrogen) atoms. The van der Waals surface area contributed by atoms with Gasteiger partial charge in [-0.25, -0.2) is 0 Å². The molecule has 0 aromatic carbocycles. The van der Waals surface area contributed by atoms with Gasteiger partial charge in [0.05, 0.1) is 6.54 Å². The molecule has 0 bridgehead atoms. The molecule has 5 atom stereocenters. The Labute approximate surface area is 305 Å². The lowest BCUT2D eigenvalue weighted by Crippen LogP contribution is -2.56. The van der Waals surface area contributed by atoms with Crippen LogP contribution < -0.4 is 32.2 Å². The quantitative estimate of drug-likeness (QED) is 0.0842. The minimum absolute atomic E-state index is 0.115. The molecule has 0 saturated carbocycles. The molecule has 1 saturated heterocycles. The van der Waals surface area contributed by atoms with E-state index < -0.39 is 53.9 Å². The van der Waals surface area contributed by atoms with Gasteiger partial charge in [-0.1, -0.05) is 84.0 Å². The molecule has 1 aliphatic heterocycles. The van der Waals surface area contributed by atoms with Crippen molar-refractivity contribution in [2.45, 2.75) is 167 Å². The Morgan fingerprint density at radius 2 is 1.41 bits per heavy atom. The van der Waals surface area contributed by atoms with E-state index in [-0.39, 0.29) is 18.9 Å².